The van der Waals surface area contributed by atoms with Crippen LogP contribution in [0, 0.1) is 3.70 Å². The van der Waals surface area contributed by atoms with Gasteiger partial charge in [-0.25, -0.2) is 4.98 Å². The smallest absolute Gasteiger partial charge is 0.137 e. The molecule has 0 aliphatic heterocycles. The summed E-state index contributed by atoms with van der Waals surface area (Å²) in [6.45, 7) is 0. The largest absolute Gasteiger partial charge is 0.506 e. The fourth-order valence-electron chi connectivity index (χ4n) is 0.940. The Morgan fingerprint density at radius 3 is 3.09 bits per heavy atom. The topological polar surface area (TPSA) is 37.5 Å². The summed E-state index contributed by atoms with van der Waals surface area (Å²) in [5.41, 5.74) is 0.854. The van der Waals surface area contributed by atoms with Gasteiger partial charge in [-0.3, -0.25) is 4.40 Å². The predicted octanol–water partition coefficient (Wildman–Crippen LogP) is 1.64. The van der Waals surface area contributed by atoms with Crippen LogP contribution >= 0.6 is 22.6 Å². The molecule has 2 rings (SSSR count). The molecule has 2 heterocycles. The van der Waals surface area contributed by atoms with E-state index in [1.807, 2.05) is 4.40 Å². The number of aromatic hydroxyl groups is 1. The maximum Gasteiger partial charge on any atom is 0.137 e. The molecule has 0 amide bonds. The third kappa shape index (κ3) is 1.07. The molecule has 0 aliphatic carbocycles. The summed E-state index contributed by atoms with van der Waals surface area (Å²) in [7, 11) is 0. The highest BCUT2D eigenvalue weighted by Crippen LogP contribution is 2.13. The monoisotopic (exact) mass is 260 g/mol. The second kappa shape index (κ2) is 2.37. The molecule has 2 aromatic rings. The Bertz CT molecular complexity index is 396. The maximum absolute atomic E-state index is 9.12. The highest BCUT2D eigenvalue weighted by Gasteiger charge is 1.98. The van der Waals surface area contributed by atoms with E-state index >= 15 is 0 Å². The number of rotatable bonds is 0. The predicted molar refractivity (Wildman–Crippen MR) is 49.6 cm³/mol. The van der Waals surface area contributed by atoms with Gasteiger partial charge in [0.25, 0.3) is 0 Å². The van der Waals surface area contributed by atoms with Crippen LogP contribution < -0.4 is 0 Å². The zero-order valence-corrected chi connectivity index (χ0v) is 7.69. The first kappa shape index (κ1) is 6.90. The number of nitrogens with zero attached hydrogens (tertiary/aromatic N) is 2. The van der Waals surface area contributed by atoms with Crippen molar-refractivity contribution >= 4 is 28.2 Å². The second-order valence-corrected chi connectivity index (χ2v) is 3.30. The quantitative estimate of drug-likeness (QED) is 0.731. The lowest BCUT2D eigenvalue weighted by molar-refractivity contribution is 0.472. The summed E-state index contributed by atoms with van der Waals surface area (Å²) >= 11 is 2.16. The minimum atomic E-state index is 0.258. The van der Waals surface area contributed by atoms with Gasteiger partial charge in [0.05, 0.1) is 12.4 Å². The van der Waals surface area contributed by atoms with Gasteiger partial charge in [0.2, 0.25) is 0 Å². The Balaban J connectivity index is 2.87. The molecule has 0 saturated heterocycles. The fraction of sp³-hybridized carbons (Fsp3) is 0. The van der Waals surface area contributed by atoms with Gasteiger partial charge in [-0.1, -0.05) is 0 Å². The van der Waals surface area contributed by atoms with Gasteiger partial charge in [-0.15, -0.1) is 0 Å². The zero-order valence-electron chi connectivity index (χ0n) is 5.53. The maximum atomic E-state index is 9.12. The van der Waals surface area contributed by atoms with Crippen LogP contribution in [0.1, 0.15) is 0 Å². The van der Waals surface area contributed by atoms with Crippen molar-refractivity contribution in [2.45, 2.75) is 0 Å². The third-order valence-electron chi connectivity index (χ3n) is 1.44. The van der Waals surface area contributed by atoms with Crippen molar-refractivity contribution in [3.05, 3.63) is 28.2 Å². The number of hydrogen-bond donors (Lipinski definition) is 1. The van der Waals surface area contributed by atoms with Crippen LogP contribution in [0.4, 0.5) is 0 Å². The van der Waals surface area contributed by atoms with Crippen LogP contribution in [-0.4, -0.2) is 14.5 Å². The Labute approximate surface area is 76.8 Å². The Kier molecular flexibility index (Phi) is 1.49. The van der Waals surface area contributed by atoms with Gasteiger partial charge in [0.1, 0.15) is 15.1 Å². The molecule has 11 heavy (non-hydrogen) atoms. The molecule has 0 aliphatic rings. The van der Waals surface area contributed by atoms with Gasteiger partial charge >= 0.3 is 0 Å². The van der Waals surface area contributed by atoms with E-state index in [2.05, 4.69) is 27.6 Å². The van der Waals surface area contributed by atoms with Crippen molar-refractivity contribution in [1.29, 1.82) is 0 Å². The van der Waals surface area contributed by atoms with Gasteiger partial charge in [-0.2, -0.15) is 0 Å². The first-order chi connectivity index (χ1) is 5.27. The highest BCUT2D eigenvalue weighted by atomic mass is 127. The molecular formula is C7H5IN2O. The lowest BCUT2D eigenvalue weighted by Crippen LogP contribution is -1.84. The van der Waals surface area contributed by atoms with Crippen LogP contribution in [0.3, 0.4) is 0 Å². The van der Waals surface area contributed by atoms with Gasteiger partial charge in [0, 0.05) is 0 Å². The van der Waals surface area contributed by atoms with Crippen molar-refractivity contribution in [3.63, 3.8) is 0 Å². The zero-order chi connectivity index (χ0) is 7.84. The van der Waals surface area contributed by atoms with E-state index in [1.165, 1.54) is 0 Å². The average Bonchev–Trinajstić information content (AvgIpc) is 2.33. The van der Waals surface area contributed by atoms with Gasteiger partial charge in [-0.05, 0) is 34.7 Å². The second-order valence-electron chi connectivity index (χ2n) is 2.20. The molecule has 0 radical (unpaired) electrons. The molecule has 0 bridgehead atoms. The molecule has 2 aromatic heterocycles. The van der Waals surface area contributed by atoms with Crippen LogP contribution in [0.5, 0.6) is 5.75 Å². The molecular weight excluding hydrogens is 255 g/mol. The number of hydrogen-bond acceptors (Lipinski definition) is 2. The van der Waals surface area contributed by atoms with Crippen LogP contribution in [0.25, 0.3) is 5.65 Å². The summed E-state index contributed by atoms with van der Waals surface area (Å²) in [5.74, 6) is 0.258. The van der Waals surface area contributed by atoms with Crippen LogP contribution in [0.2, 0.25) is 0 Å². The molecule has 0 fully saturated rings. The molecule has 0 saturated carbocycles. The lowest BCUT2D eigenvalue weighted by Gasteiger charge is -1.94. The summed E-state index contributed by atoms with van der Waals surface area (Å²) in [6, 6.07) is 3.40. The Morgan fingerprint density at radius 1 is 1.45 bits per heavy atom. The molecule has 56 valence electrons. The Morgan fingerprint density at radius 2 is 2.27 bits per heavy atom. The van der Waals surface area contributed by atoms with E-state index < -0.39 is 0 Å². The molecule has 0 spiro atoms. The van der Waals surface area contributed by atoms with E-state index in [0.717, 1.165) is 9.35 Å². The van der Waals surface area contributed by atoms with Crippen molar-refractivity contribution in [2.75, 3.05) is 0 Å². The summed E-state index contributed by atoms with van der Waals surface area (Å²) in [6.07, 6.45) is 3.40. The molecule has 0 unspecified atom stereocenters. The van der Waals surface area contributed by atoms with Gasteiger partial charge in [0.15, 0.2) is 0 Å². The Hall–Kier alpha value is -0.780. The first-order valence-electron chi connectivity index (χ1n) is 3.09. The van der Waals surface area contributed by atoms with Crippen molar-refractivity contribution in [2.24, 2.45) is 0 Å². The molecule has 4 heteroatoms. The van der Waals surface area contributed by atoms with E-state index in [9.17, 15) is 0 Å². The molecule has 0 atom stereocenters. The average molecular weight is 260 g/mol. The van der Waals surface area contributed by atoms with Crippen molar-refractivity contribution in [3.8, 4) is 5.75 Å². The SMILES string of the molecule is Oc1ccc2ncc(I)n2c1. The van der Waals surface area contributed by atoms with E-state index in [-0.39, 0.29) is 5.75 Å². The van der Waals surface area contributed by atoms with E-state index in [0.29, 0.717) is 0 Å². The molecule has 3 nitrogen and oxygen atoms in total. The molecule has 0 aromatic carbocycles. The van der Waals surface area contributed by atoms with Crippen molar-refractivity contribution < 1.29 is 5.11 Å². The number of pyridine rings is 1. The third-order valence-corrected chi connectivity index (χ3v) is 2.24. The summed E-state index contributed by atoms with van der Waals surface area (Å²) in [5, 5.41) is 9.12. The van der Waals surface area contributed by atoms with Crippen LogP contribution in [0.15, 0.2) is 24.5 Å². The van der Waals surface area contributed by atoms with E-state index in [1.54, 1.807) is 24.5 Å². The standard InChI is InChI=1S/C7H5IN2O/c8-6-3-9-7-2-1-5(11)4-10(6)7/h1-4,11H. The van der Waals surface area contributed by atoms with Gasteiger partial charge < -0.3 is 5.11 Å². The summed E-state index contributed by atoms with van der Waals surface area (Å²) in [4.78, 5) is 4.10. The number of fused-ring (bicyclic) bond motifs is 1. The van der Waals surface area contributed by atoms with Crippen molar-refractivity contribution in [1.82, 2.24) is 9.38 Å². The van der Waals surface area contributed by atoms with Crippen LogP contribution in [-0.2, 0) is 0 Å². The number of halogens is 1. The van der Waals surface area contributed by atoms with E-state index in [4.69, 9.17) is 5.11 Å². The number of imidazole rings is 1. The summed E-state index contributed by atoms with van der Waals surface area (Å²) < 4.78 is 2.82. The first-order valence-corrected chi connectivity index (χ1v) is 4.17. The molecule has 1 N–H and O–H groups in total. The highest BCUT2D eigenvalue weighted by molar-refractivity contribution is 14.1. The minimum absolute atomic E-state index is 0.258. The minimum Gasteiger partial charge on any atom is -0.506 e. The fourth-order valence-corrected chi connectivity index (χ4v) is 1.47. The normalized spacial score (nSPS) is 10.6. The number of aromatic nitrogens is 2. The lowest BCUT2D eigenvalue weighted by atomic mass is 10.4.